The molecule has 2 rings (SSSR count). The van der Waals surface area contributed by atoms with Crippen LogP contribution in [0.5, 0.6) is 0 Å². The molecule has 2 aromatic rings. The van der Waals surface area contributed by atoms with Crippen molar-refractivity contribution in [3.63, 3.8) is 0 Å². The summed E-state index contributed by atoms with van der Waals surface area (Å²) in [5.41, 5.74) is 0. The Morgan fingerprint density at radius 1 is 1.23 bits per heavy atom. The minimum atomic E-state index is 0.377. The SMILES string of the molecule is C[n+]1ccn([Se]c2ccccc2)c1. The molecule has 13 heavy (non-hydrogen) atoms. The summed E-state index contributed by atoms with van der Waals surface area (Å²) in [5, 5.41) is 0. The van der Waals surface area contributed by atoms with Gasteiger partial charge in [-0.15, -0.1) is 0 Å². The predicted molar refractivity (Wildman–Crippen MR) is 52.8 cm³/mol. The molecule has 0 aliphatic rings. The normalized spacial score (nSPS) is 10.2. The number of rotatable bonds is 2. The van der Waals surface area contributed by atoms with E-state index in [4.69, 9.17) is 0 Å². The summed E-state index contributed by atoms with van der Waals surface area (Å²) < 4.78 is 5.68. The van der Waals surface area contributed by atoms with Gasteiger partial charge in [-0.2, -0.15) is 0 Å². The average Bonchev–Trinajstić information content (AvgIpc) is 2.53. The molecule has 0 spiro atoms. The second-order valence-corrected chi connectivity index (χ2v) is 5.10. The van der Waals surface area contributed by atoms with E-state index in [1.165, 1.54) is 4.46 Å². The van der Waals surface area contributed by atoms with E-state index < -0.39 is 0 Å². The molecule has 2 nitrogen and oxygen atoms in total. The van der Waals surface area contributed by atoms with Gasteiger partial charge in [-0.05, 0) is 0 Å². The molecule has 3 heteroatoms. The van der Waals surface area contributed by atoms with Crippen LogP contribution in [-0.2, 0) is 7.05 Å². The van der Waals surface area contributed by atoms with Gasteiger partial charge < -0.3 is 0 Å². The molecule has 0 bridgehead atoms. The molecule has 0 unspecified atom stereocenters. The van der Waals surface area contributed by atoms with Gasteiger partial charge in [0.25, 0.3) is 0 Å². The maximum absolute atomic E-state index is 2.22. The molecular weight excluding hydrogens is 227 g/mol. The van der Waals surface area contributed by atoms with Crippen LogP contribution in [-0.4, -0.2) is 18.8 Å². The quantitative estimate of drug-likeness (QED) is 0.518. The molecule has 0 fully saturated rings. The molecule has 66 valence electrons. The Labute approximate surface area is 84.2 Å². The molecule has 0 radical (unpaired) electrons. The third kappa shape index (κ3) is 2.20. The molecular formula is C10H11N2Se+. The van der Waals surface area contributed by atoms with Crippen LogP contribution in [0.3, 0.4) is 0 Å². The van der Waals surface area contributed by atoms with Gasteiger partial charge in [0.1, 0.15) is 0 Å². The average molecular weight is 238 g/mol. The topological polar surface area (TPSA) is 8.81 Å². The van der Waals surface area contributed by atoms with Gasteiger partial charge in [-0.1, -0.05) is 0 Å². The van der Waals surface area contributed by atoms with E-state index in [0.29, 0.717) is 15.2 Å². The van der Waals surface area contributed by atoms with Gasteiger partial charge in [0, 0.05) is 0 Å². The summed E-state index contributed by atoms with van der Waals surface area (Å²) in [5.74, 6) is 0. The number of hydrogen-bond donors (Lipinski definition) is 0. The Balaban J connectivity index is 2.15. The summed E-state index contributed by atoms with van der Waals surface area (Å²) in [6.45, 7) is 0. The molecule has 1 aromatic carbocycles. The zero-order chi connectivity index (χ0) is 9.10. The summed E-state index contributed by atoms with van der Waals surface area (Å²) in [6.07, 6.45) is 6.27. The molecule has 0 N–H and O–H groups in total. The van der Waals surface area contributed by atoms with Crippen molar-refractivity contribution in [3.8, 4) is 0 Å². The van der Waals surface area contributed by atoms with Crippen LogP contribution in [0.25, 0.3) is 0 Å². The second kappa shape index (κ2) is 3.77. The number of benzene rings is 1. The maximum atomic E-state index is 2.22. The molecule has 1 aromatic heterocycles. The van der Waals surface area contributed by atoms with Crippen LogP contribution in [0.2, 0.25) is 0 Å². The van der Waals surface area contributed by atoms with Crippen LogP contribution < -0.4 is 9.03 Å². The van der Waals surface area contributed by atoms with Crippen molar-refractivity contribution in [3.05, 3.63) is 49.1 Å². The van der Waals surface area contributed by atoms with Crippen molar-refractivity contribution in [1.29, 1.82) is 0 Å². The summed E-state index contributed by atoms with van der Waals surface area (Å²) in [6, 6.07) is 10.6. The van der Waals surface area contributed by atoms with E-state index in [-0.39, 0.29) is 0 Å². The number of imidazole rings is 1. The summed E-state index contributed by atoms with van der Waals surface area (Å²) in [4.78, 5) is 0. The third-order valence-corrected chi connectivity index (χ3v) is 3.61. The van der Waals surface area contributed by atoms with Gasteiger partial charge in [0.05, 0.1) is 0 Å². The first-order chi connectivity index (χ1) is 6.34. The third-order valence-electron chi connectivity index (χ3n) is 1.70. The molecule has 0 saturated heterocycles. The van der Waals surface area contributed by atoms with Crippen molar-refractivity contribution in [1.82, 2.24) is 3.58 Å². The molecule has 0 aliphatic carbocycles. The summed E-state index contributed by atoms with van der Waals surface area (Å²) in [7, 11) is 2.04. The van der Waals surface area contributed by atoms with Crippen LogP contribution >= 0.6 is 0 Å². The van der Waals surface area contributed by atoms with Crippen molar-refractivity contribution in [2.45, 2.75) is 0 Å². The van der Waals surface area contributed by atoms with E-state index in [1.54, 1.807) is 0 Å². The van der Waals surface area contributed by atoms with Gasteiger partial charge in [0.15, 0.2) is 0 Å². The first-order valence-corrected chi connectivity index (χ1v) is 5.73. The Bertz CT molecular complexity index is 381. The van der Waals surface area contributed by atoms with Gasteiger partial charge in [-0.3, -0.25) is 0 Å². The monoisotopic (exact) mass is 239 g/mol. The predicted octanol–water partition coefficient (Wildman–Crippen LogP) is 0.105. The minimum absolute atomic E-state index is 0.377. The van der Waals surface area contributed by atoms with Crippen LogP contribution in [0.1, 0.15) is 0 Å². The van der Waals surface area contributed by atoms with E-state index in [1.807, 2.05) is 7.05 Å². The fourth-order valence-corrected chi connectivity index (χ4v) is 2.83. The number of nitrogens with zero attached hydrogens (tertiary/aromatic N) is 2. The Hall–Kier alpha value is -1.05. The van der Waals surface area contributed by atoms with Gasteiger partial charge in [0.2, 0.25) is 0 Å². The summed E-state index contributed by atoms with van der Waals surface area (Å²) >= 11 is 0.377. The fraction of sp³-hybridized carbons (Fsp3) is 0.100. The van der Waals surface area contributed by atoms with E-state index >= 15 is 0 Å². The number of aromatic nitrogens is 2. The number of hydrogen-bond acceptors (Lipinski definition) is 0. The van der Waals surface area contributed by atoms with E-state index in [9.17, 15) is 0 Å². The molecule has 0 amide bonds. The molecule has 1 heterocycles. The van der Waals surface area contributed by atoms with Crippen molar-refractivity contribution in [2.75, 3.05) is 0 Å². The molecule has 0 aliphatic heterocycles. The Morgan fingerprint density at radius 3 is 2.62 bits per heavy atom. The van der Waals surface area contributed by atoms with Crippen molar-refractivity contribution in [2.24, 2.45) is 7.05 Å². The van der Waals surface area contributed by atoms with Crippen molar-refractivity contribution >= 4 is 19.6 Å². The van der Waals surface area contributed by atoms with Gasteiger partial charge >= 0.3 is 83.9 Å². The standard InChI is InChI=1S/C10H11N2Se/c1-11-7-8-12(9-11)13-10-5-3-2-4-6-10/h2-9H,1H3/q+1. The van der Waals surface area contributed by atoms with Crippen molar-refractivity contribution < 1.29 is 4.57 Å². The van der Waals surface area contributed by atoms with E-state index in [2.05, 4.69) is 57.2 Å². The Kier molecular flexibility index (Phi) is 2.48. The zero-order valence-corrected chi connectivity index (χ0v) is 9.13. The van der Waals surface area contributed by atoms with E-state index in [0.717, 1.165) is 0 Å². The first-order valence-electron chi connectivity index (χ1n) is 4.11. The van der Waals surface area contributed by atoms with Gasteiger partial charge in [-0.25, -0.2) is 0 Å². The second-order valence-electron chi connectivity index (χ2n) is 2.84. The van der Waals surface area contributed by atoms with Crippen LogP contribution in [0.4, 0.5) is 0 Å². The Morgan fingerprint density at radius 2 is 2.00 bits per heavy atom. The first kappa shape index (κ1) is 8.54. The zero-order valence-electron chi connectivity index (χ0n) is 7.42. The molecule has 0 atom stereocenters. The fourth-order valence-electron chi connectivity index (χ4n) is 1.08. The van der Waals surface area contributed by atoms with Crippen LogP contribution in [0.15, 0.2) is 49.1 Å². The molecule has 0 saturated carbocycles. The van der Waals surface area contributed by atoms with Crippen LogP contribution in [0, 0.1) is 0 Å². The number of aryl methyl sites for hydroxylation is 1.